The van der Waals surface area contributed by atoms with Gasteiger partial charge in [-0.2, -0.15) is 0 Å². The van der Waals surface area contributed by atoms with Gasteiger partial charge in [0.15, 0.2) is 4.88 Å². The third kappa shape index (κ3) is 3.41. The quantitative estimate of drug-likeness (QED) is 0.660. The molecule has 24 heavy (non-hydrogen) atoms. The highest BCUT2D eigenvalue weighted by atomic mass is 32.1. The number of hydrogen-bond donors (Lipinski definition) is 0. The van der Waals surface area contributed by atoms with Gasteiger partial charge < -0.3 is 9.47 Å². The average molecular weight is 344 g/mol. The summed E-state index contributed by atoms with van der Waals surface area (Å²) in [4.78, 5) is 12.5. The number of esters is 1. The number of rotatable bonds is 5. The van der Waals surface area contributed by atoms with Gasteiger partial charge in [0.1, 0.15) is 23.9 Å². The number of aromatic nitrogens is 2. The number of halogens is 1. The maximum Gasteiger partial charge on any atom is 0.352 e. The van der Waals surface area contributed by atoms with E-state index in [2.05, 4.69) is 9.59 Å². The van der Waals surface area contributed by atoms with Crippen LogP contribution in [-0.2, 0) is 11.3 Å². The summed E-state index contributed by atoms with van der Waals surface area (Å²) in [5.41, 5.74) is 1.47. The minimum absolute atomic E-state index is 0.147. The van der Waals surface area contributed by atoms with Gasteiger partial charge in [-0.25, -0.2) is 9.18 Å². The van der Waals surface area contributed by atoms with Crippen molar-refractivity contribution in [3.05, 3.63) is 64.8 Å². The zero-order valence-corrected chi connectivity index (χ0v) is 13.5. The van der Waals surface area contributed by atoms with Crippen LogP contribution < -0.4 is 4.74 Å². The lowest BCUT2D eigenvalue weighted by molar-refractivity contribution is 0.0475. The summed E-state index contributed by atoms with van der Waals surface area (Å²) in [6.45, 7) is -0.147. The third-order valence-electron chi connectivity index (χ3n) is 3.35. The summed E-state index contributed by atoms with van der Waals surface area (Å²) < 4.78 is 27.7. The maximum atomic E-state index is 13.6. The summed E-state index contributed by atoms with van der Waals surface area (Å²) in [6, 6.07) is 13.2. The van der Waals surface area contributed by atoms with Crippen molar-refractivity contribution in [1.82, 2.24) is 9.59 Å². The van der Waals surface area contributed by atoms with Gasteiger partial charge in [0, 0.05) is 11.1 Å². The smallest absolute Gasteiger partial charge is 0.352 e. The first-order chi connectivity index (χ1) is 11.7. The fourth-order valence-electron chi connectivity index (χ4n) is 2.09. The SMILES string of the molecule is COc1ccc(-c2nnsc2C(=O)OCc2ccccc2F)cc1. The Labute approximate surface area is 141 Å². The molecule has 2 aromatic carbocycles. The van der Waals surface area contributed by atoms with Gasteiger partial charge in [0.05, 0.1) is 7.11 Å². The molecule has 0 N–H and O–H groups in total. The molecule has 0 amide bonds. The van der Waals surface area contributed by atoms with E-state index in [0.717, 1.165) is 17.1 Å². The number of methoxy groups -OCH3 is 1. The Kier molecular flexibility index (Phi) is 4.81. The van der Waals surface area contributed by atoms with E-state index in [4.69, 9.17) is 9.47 Å². The summed E-state index contributed by atoms with van der Waals surface area (Å²) in [6.07, 6.45) is 0. The number of carbonyl (C=O) groups excluding carboxylic acids is 1. The molecule has 0 saturated carbocycles. The van der Waals surface area contributed by atoms with Crippen molar-refractivity contribution in [3.8, 4) is 17.0 Å². The van der Waals surface area contributed by atoms with Crippen molar-refractivity contribution in [3.63, 3.8) is 0 Å². The molecule has 0 spiro atoms. The number of nitrogens with zero attached hydrogens (tertiary/aromatic N) is 2. The molecule has 0 radical (unpaired) electrons. The van der Waals surface area contributed by atoms with E-state index in [-0.39, 0.29) is 11.5 Å². The molecule has 0 fully saturated rings. The van der Waals surface area contributed by atoms with Crippen molar-refractivity contribution in [1.29, 1.82) is 0 Å². The molecule has 1 aromatic heterocycles. The second-order valence-electron chi connectivity index (χ2n) is 4.85. The van der Waals surface area contributed by atoms with Gasteiger partial charge in [-0.1, -0.05) is 22.7 Å². The summed E-state index contributed by atoms with van der Waals surface area (Å²) >= 11 is 0.941. The largest absolute Gasteiger partial charge is 0.497 e. The Hall–Kier alpha value is -2.80. The van der Waals surface area contributed by atoms with Crippen molar-refractivity contribution in [2.75, 3.05) is 7.11 Å². The van der Waals surface area contributed by atoms with E-state index in [9.17, 15) is 9.18 Å². The first kappa shape index (κ1) is 16.1. The first-order valence-electron chi connectivity index (χ1n) is 7.06. The molecule has 3 rings (SSSR count). The van der Waals surface area contributed by atoms with Crippen molar-refractivity contribution >= 4 is 17.5 Å². The molecule has 0 atom stereocenters. The van der Waals surface area contributed by atoms with Crippen LogP contribution in [0.5, 0.6) is 5.75 Å². The Bertz CT molecular complexity index is 849. The number of hydrogen-bond acceptors (Lipinski definition) is 6. The van der Waals surface area contributed by atoms with Crippen LogP contribution in [0.15, 0.2) is 48.5 Å². The maximum absolute atomic E-state index is 13.6. The average Bonchev–Trinajstić information content (AvgIpc) is 3.10. The van der Waals surface area contributed by atoms with E-state index in [1.165, 1.54) is 6.07 Å². The van der Waals surface area contributed by atoms with E-state index in [1.54, 1.807) is 49.6 Å². The lowest BCUT2D eigenvalue weighted by atomic mass is 10.1. The molecular weight excluding hydrogens is 331 g/mol. The fourth-order valence-corrected chi connectivity index (χ4v) is 2.67. The van der Waals surface area contributed by atoms with Gasteiger partial charge in [-0.3, -0.25) is 0 Å². The monoisotopic (exact) mass is 344 g/mol. The molecular formula is C17H13FN2O3S. The van der Waals surface area contributed by atoms with Crippen molar-refractivity contribution in [2.45, 2.75) is 6.61 Å². The molecule has 1 heterocycles. The van der Waals surface area contributed by atoms with E-state index in [1.807, 2.05) is 0 Å². The van der Waals surface area contributed by atoms with Gasteiger partial charge >= 0.3 is 5.97 Å². The minimum Gasteiger partial charge on any atom is -0.497 e. The van der Waals surface area contributed by atoms with E-state index in [0.29, 0.717) is 17.0 Å². The third-order valence-corrected chi connectivity index (χ3v) is 4.06. The Morgan fingerprint density at radius 2 is 1.92 bits per heavy atom. The summed E-state index contributed by atoms with van der Waals surface area (Å²) in [5, 5.41) is 3.99. The molecule has 0 unspecified atom stereocenters. The normalized spacial score (nSPS) is 10.4. The van der Waals surface area contributed by atoms with Gasteiger partial charge in [-0.05, 0) is 41.9 Å². The molecule has 0 bridgehead atoms. The molecule has 0 saturated heterocycles. The van der Waals surface area contributed by atoms with E-state index < -0.39 is 11.8 Å². The van der Waals surface area contributed by atoms with Crippen LogP contribution in [0.3, 0.4) is 0 Å². The summed E-state index contributed by atoms with van der Waals surface area (Å²) in [5.74, 6) is -0.298. The van der Waals surface area contributed by atoms with Crippen LogP contribution >= 0.6 is 11.5 Å². The van der Waals surface area contributed by atoms with Crippen LogP contribution in [0.25, 0.3) is 11.3 Å². The highest BCUT2D eigenvalue weighted by Gasteiger charge is 2.19. The molecule has 3 aromatic rings. The van der Waals surface area contributed by atoms with Crippen LogP contribution in [0.1, 0.15) is 15.2 Å². The minimum atomic E-state index is -0.584. The Morgan fingerprint density at radius 1 is 1.17 bits per heavy atom. The topological polar surface area (TPSA) is 61.3 Å². The van der Waals surface area contributed by atoms with Crippen LogP contribution in [0, 0.1) is 5.82 Å². The van der Waals surface area contributed by atoms with Crippen LogP contribution in [-0.4, -0.2) is 22.7 Å². The second-order valence-corrected chi connectivity index (χ2v) is 5.60. The van der Waals surface area contributed by atoms with Gasteiger partial charge in [-0.15, -0.1) is 5.10 Å². The molecule has 0 aliphatic heterocycles. The predicted octanol–water partition coefficient (Wildman–Crippen LogP) is 3.71. The predicted molar refractivity (Wildman–Crippen MR) is 87.4 cm³/mol. The summed E-state index contributed by atoms with van der Waals surface area (Å²) in [7, 11) is 1.57. The Balaban J connectivity index is 1.76. The Morgan fingerprint density at radius 3 is 2.62 bits per heavy atom. The molecule has 122 valence electrons. The highest BCUT2D eigenvalue weighted by Crippen LogP contribution is 2.26. The van der Waals surface area contributed by atoms with E-state index >= 15 is 0 Å². The van der Waals surface area contributed by atoms with Crippen molar-refractivity contribution < 1.29 is 18.7 Å². The zero-order valence-electron chi connectivity index (χ0n) is 12.7. The molecule has 0 aliphatic carbocycles. The van der Waals surface area contributed by atoms with Crippen LogP contribution in [0.2, 0.25) is 0 Å². The highest BCUT2D eigenvalue weighted by molar-refractivity contribution is 7.08. The number of carbonyl (C=O) groups is 1. The van der Waals surface area contributed by atoms with Crippen molar-refractivity contribution in [2.24, 2.45) is 0 Å². The molecule has 5 nitrogen and oxygen atoms in total. The number of benzene rings is 2. The van der Waals surface area contributed by atoms with Crippen LogP contribution in [0.4, 0.5) is 4.39 Å². The lowest BCUT2D eigenvalue weighted by Crippen LogP contribution is -2.06. The lowest BCUT2D eigenvalue weighted by Gasteiger charge is -2.06. The first-order valence-corrected chi connectivity index (χ1v) is 7.83. The molecule has 0 aliphatic rings. The molecule has 7 heteroatoms. The van der Waals surface area contributed by atoms with Gasteiger partial charge in [0.2, 0.25) is 0 Å². The number of ether oxygens (including phenoxy) is 2. The second kappa shape index (κ2) is 7.18. The zero-order chi connectivity index (χ0) is 16.9. The standard InChI is InChI=1S/C17H13FN2O3S/c1-22-13-8-6-11(7-9-13)15-16(24-20-19-15)17(21)23-10-12-4-2-3-5-14(12)18/h2-9H,10H2,1H3. The fraction of sp³-hybridized carbons (Fsp3) is 0.118. The van der Waals surface area contributed by atoms with Gasteiger partial charge in [0.25, 0.3) is 0 Å².